The lowest BCUT2D eigenvalue weighted by Crippen LogP contribution is -2.12. The average Bonchev–Trinajstić information content (AvgIpc) is 2.59. The van der Waals surface area contributed by atoms with Gasteiger partial charge < -0.3 is 14.8 Å². The summed E-state index contributed by atoms with van der Waals surface area (Å²) in [5.41, 5.74) is 1.56. The van der Waals surface area contributed by atoms with Crippen molar-refractivity contribution >= 4 is 17.6 Å². The maximum absolute atomic E-state index is 11.9. The molecule has 6 nitrogen and oxygen atoms in total. The summed E-state index contributed by atoms with van der Waals surface area (Å²) in [7, 11) is 0. The molecule has 0 aliphatic rings. The zero-order chi connectivity index (χ0) is 17.4. The number of rotatable bonds is 6. The van der Waals surface area contributed by atoms with Gasteiger partial charge in [-0.25, -0.2) is 4.79 Å². The fourth-order valence-corrected chi connectivity index (χ4v) is 1.90. The van der Waals surface area contributed by atoms with Gasteiger partial charge in [0.25, 0.3) is 0 Å². The summed E-state index contributed by atoms with van der Waals surface area (Å²) < 4.78 is 10.5. The molecule has 122 valence electrons. The Kier molecular flexibility index (Phi) is 5.92. The van der Waals surface area contributed by atoms with E-state index in [1.54, 1.807) is 48.5 Å². The lowest BCUT2D eigenvalue weighted by molar-refractivity contribution is -0.114. The molecule has 0 radical (unpaired) electrons. The number of amides is 1. The molecule has 0 aromatic heterocycles. The summed E-state index contributed by atoms with van der Waals surface area (Å²) in [6.45, 7) is 1.73. The summed E-state index contributed by atoms with van der Waals surface area (Å²) >= 11 is 0. The van der Waals surface area contributed by atoms with Crippen LogP contribution in [0.4, 0.5) is 5.69 Å². The normalized spacial score (nSPS) is 9.67. The molecule has 24 heavy (non-hydrogen) atoms. The average molecular weight is 324 g/mol. The van der Waals surface area contributed by atoms with Gasteiger partial charge in [-0.05, 0) is 48.5 Å². The molecule has 0 aliphatic carbocycles. The molecule has 0 saturated carbocycles. The monoisotopic (exact) mass is 324 g/mol. The molecule has 0 unspecified atom stereocenters. The first-order valence-electron chi connectivity index (χ1n) is 7.26. The first-order chi connectivity index (χ1) is 11.6. The third-order valence-electron chi connectivity index (χ3n) is 3.01. The molecule has 1 N–H and O–H groups in total. The molecule has 0 fully saturated rings. The fraction of sp³-hybridized carbons (Fsp3) is 0.167. The van der Waals surface area contributed by atoms with E-state index in [2.05, 4.69) is 5.32 Å². The van der Waals surface area contributed by atoms with Crippen LogP contribution in [0.25, 0.3) is 0 Å². The van der Waals surface area contributed by atoms with Gasteiger partial charge in [0.05, 0.1) is 17.2 Å². The fourth-order valence-electron chi connectivity index (χ4n) is 1.90. The SMILES string of the molecule is CC(=O)Nc1ccc(C(=O)OCCOc2ccc(C#N)cc2)cc1. The molecular weight excluding hydrogens is 308 g/mol. The number of hydrogen-bond donors (Lipinski definition) is 1. The van der Waals surface area contributed by atoms with E-state index in [1.807, 2.05) is 6.07 Å². The van der Waals surface area contributed by atoms with Crippen molar-refractivity contribution in [3.05, 3.63) is 59.7 Å². The number of benzene rings is 2. The van der Waals surface area contributed by atoms with E-state index in [-0.39, 0.29) is 19.1 Å². The highest BCUT2D eigenvalue weighted by Gasteiger charge is 2.07. The van der Waals surface area contributed by atoms with Crippen LogP contribution < -0.4 is 10.1 Å². The standard InChI is InChI=1S/C18H16N2O4/c1-13(21)20-16-6-4-15(5-7-16)18(22)24-11-10-23-17-8-2-14(12-19)3-9-17/h2-9H,10-11H2,1H3,(H,20,21). The first kappa shape index (κ1) is 17.0. The molecule has 0 atom stereocenters. The van der Waals surface area contributed by atoms with Crippen LogP contribution in [0.5, 0.6) is 5.75 Å². The second-order valence-corrected chi connectivity index (χ2v) is 4.88. The van der Waals surface area contributed by atoms with Crippen LogP contribution in [-0.4, -0.2) is 25.1 Å². The molecule has 0 aliphatic heterocycles. The lowest BCUT2D eigenvalue weighted by Gasteiger charge is -2.08. The molecule has 2 aromatic rings. The van der Waals surface area contributed by atoms with Crippen molar-refractivity contribution in [2.24, 2.45) is 0 Å². The number of ether oxygens (including phenoxy) is 2. The molecule has 1 amide bonds. The number of anilines is 1. The van der Waals surface area contributed by atoms with E-state index >= 15 is 0 Å². The van der Waals surface area contributed by atoms with Crippen molar-refractivity contribution in [1.29, 1.82) is 5.26 Å². The zero-order valence-corrected chi connectivity index (χ0v) is 13.1. The Morgan fingerprint density at radius 2 is 1.71 bits per heavy atom. The molecular formula is C18H16N2O4. The highest BCUT2D eigenvalue weighted by Crippen LogP contribution is 2.12. The number of esters is 1. The third kappa shape index (κ3) is 5.14. The van der Waals surface area contributed by atoms with Gasteiger partial charge in [-0.1, -0.05) is 0 Å². The first-order valence-corrected chi connectivity index (χ1v) is 7.26. The summed E-state index contributed by atoms with van der Waals surface area (Å²) in [6, 6.07) is 15.1. The van der Waals surface area contributed by atoms with E-state index in [4.69, 9.17) is 14.7 Å². The smallest absolute Gasteiger partial charge is 0.338 e. The van der Waals surface area contributed by atoms with E-state index in [9.17, 15) is 9.59 Å². The van der Waals surface area contributed by atoms with Crippen molar-refractivity contribution in [1.82, 2.24) is 0 Å². The van der Waals surface area contributed by atoms with Crippen LogP contribution in [0, 0.1) is 11.3 Å². The van der Waals surface area contributed by atoms with Crippen molar-refractivity contribution < 1.29 is 19.1 Å². The van der Waals surface area contributed by atoms with Gasteiger partial charge in [0.15, 0.2) is 0 Å². The second-order valence-electron chi connectivity index (χ2n) is 4.88. The van der Waals surface area contributed by atoms with Gasteiger partial charge in [-0.15, -0.1) is 0 Å². The maximum Gasteiger partial charge on any atom is 0.338 e. The maximum atomic E-state index is 11.9. The van der Waals surface area contributed by atoms with Crippen molar-refractivity contribution in [2.75, 3.05) is 18.5 Å². The zero-order valence-electron chi connectivity index (χ0n) is 13.1. The molecule has 0 heterocycles. The number of nitrogens with zero attached hydrogens (tertiary/aromatic N) is 1. The van der Waals surface area contributed by atoms with Gasteiger partial charge in [0.1, 0.15) is 19.0 Å². The Hall–Kier alpha value is -3.33. The van der Waals surface area contributed by atoms with E-state index in [0.717, 1.165) is 0 Å². The Bertz CT molecular complexity index is 746. The van der Waals surface area contributed by atoms with Gasteiger partial charge in [0.2, 0.25) is 5.91 Å². The number of hydrogen-bond acceptors (Lipinski definition) is 5. The highest BCUT2D eigenvalue weighted by atomic mass is 16.6. The Labute approximate surface area is 139 Å². The number of carbonyl (C=O) groups excluding carboxylic acids is 2. The van der Waals surface area contributed by atoms with Gasteiger partial charge >= 0.3 is 5.97 Å². The van der Waals surface area contributed by atoms with Crippen molar-refractivity contribution in [2.45, 2.75) is 6.92 Å². The largest absolute Gasteiger partial charge is 0.490 e. The minimum absolute atomic E-state index is 0.103. The van der Waals surface area contributed by atoms with Crippen LogP contribution in [0.2, 0.25) is 0 Å². The third-order valence-corrected chi connectivity index (χ3v) is 3.01. The van der Waals surface area contributed by atoms with E-state index < -0.39 is 5.97 Å². The van der Waals surface area contributed by atoms with Crippen LogP contribution in [-0.2, 0) is 9.53 Å². The Morgan fingerprint density at radius 1 is 1.04 bits per heavy atom. The molecule has 0 saturated heterocycles. The number of carbonyl (C=O) groups is 2. The van der Waals surface area contributed by atoms with Crippen LogP contribution in [0.15, 0.2) is 48.5 Å². The summed E-state index contributed by atoms with van der Waals surface area (Å²) in [4.78, 5) is 22.8. The van der Waals surface area contributed by atoms with Gasteiger partial charge in [0, 0.05) is 12.6 Å². The van der Waals surface area contributed by atoms with Crippen molar-refractivity contribution in [3.63, 3.8) is 0 Å². The number of nitriles is 1. The summed E-state index contributed by atoms with van der Waals surface area (Å²) in [6.07, 6.45) is 0. The topological polar surface area (TPSA) is 88.4 Å². The number of nitrogens with one attached hydrogen (secondary N) is 1. The minimum Gasteiger partial charge on any atom is -0.490 e. The molecule has 2 rings (SSSR count). The predicted molar refractivity (Wildman–Crippen MR) is 87.7 cm³/mol. The quantitative estimate of drug-likeness (QED) is 0.652. The molecule has 2 aromatic carbocycles. The summed E-state index contributed by atoms with van der Waals surface area (Å²) in [5.74, 6) is -0.0391. The lowest BCUT2D eigenvalue weighted by atomic mass is 10.2. The Balaban J connectivity index is 1.76. The minimum atomic E-state index is -0.465. The molecule has 0 spiro atoms. The molecule has 0 bridgehead atoms. The van der Waals surface area contributed by atoms with Gasteiger partial charge in [-0.3, -0.25) is 4.79 Å². The van der Waals surface area contributed by atoms with Crippen LogP contribution >= 0.6 is 0 Å². The van der Waals surface area contributed by atoms with Crippen LogP contribution in [0.3, 0.4) is 0 Å². The van der Waals surface area contributed by atoms with E-state index in [0.29, 0.717) is 22.6 Å². The Morgan fingerprint density at radius 3 is 2.29 bits per heavy atom. The second kappa shape index (κ2) is 8.34. The predicted octanol–water partition coefficient (Wildman–Crippen LogP) is 2.75. The van der Waals surface area contributed by atoms with Gasteiger partial charge in [-0.2, -0.15) is 5.26 Å². The van der Waals surface area contributed by atoms with E-state index in [1.165, 1.54) is 6.92 Å². The van der Waals surface area contributed by atoms with Crippen molar-refractivity contribution in [3.8, 4) is 11.8 Å². The molecule has 6 heteroatoms. The van der Waals surface area contributed by atoms with Crippen LogP contribution in [0.1, 0.15) is 22.8 Å². The highest BCUT2D eigenvalue weighted by molar-refractivity contribution is 5.92. The summed E-state index contributed by atoms with van der Waals surface area (Å²) in [5, 5.41) is 11.3.